The summed E-state index contributed by atoms with van der Waals surface area (Å²) in [5.74, 6) is 0. The number of aliphatic imine (C=N–C) groups is 1. The minimum absolute atomic E-state index is 0.134. The Morgan fingerprint density at radius 1 is 0.547 bits per heavy atom. The monoisotopic (exact) mass is 678 g/mol. The van der Waals surface area contributed by atoms with E-state index in [1.807, 2.05) is 0 Å². The molecule has 8 aromatic carbocycles. The quantitative estimate of drug-likeness (QED) is 0.180. The molecule has 0 saturated carbocycles. The fourth-order valence-corrected chi connectivity index (χ4v) is 8.80. The van der Waals surface area contributed by atoms with E-state index in [0.29, 0.717) is 0 Å². The van der Waals surface area contributed by atoms with E-state index in [4.69, 9.17) is 4.99 Å². The first-order valence-electron chi connectivity index (χ1n) is 18.6. The molecule has 0 fully saturated rings. The number of hydrogen-bond acceptors (Lipinski definition) is 1. The van der Waals surface area contributed by atoms with Crippen molar-refractivity contribution in [3.63, 3.8) is 0 Å². The maximum Gasteiger partial charge on any atom is 0.211 e. The van der Waals surface area contributed by atoms with Crippen LogP contribution in [0.1, 0.15) is 40.5 Å². The highest BCUT2D eigenvalue weighted by atomic mass is 15.1. The lowest BCUT2D eigenvalue weighted by Crippen LogP contribution is -2.80. The molecule has 0 spiro atoms. The van der Waals surface area contributed by atoms with Gasteiger partial charge in [-0.2, -0.15) is 0 Å². The van der Waals surface area contributed by atoms with Crippen molar-refractivity contribution in [3.05, 3.63) is 198 Å². The molecule has 1 aliphatic heterocycles. The number of allylic oxidation sites excluding steroid dienone is 1. The molecule has 1 aliphatic carbocycles. The van der Waals surface area contributed by atoms with Crippen LogP contribution >= 0.6 is 0 Å². The Bertz CT molecular complexity index is 2980. The number of quaternary nitrogens is 1. The topological polar surface area (TPSA) is 33.9 Å². The van der Waals surface area contributed by atoms with Crippen molar-refractivity contribution in [2.75, 3.05) is 0 Å². The number of fused-ring (bicyclic) bond motifs is 7. The summed E-state index contributed by atoms with van der Waals surface area (Å²) in [6.45, 7) is 0. The Morgan fingerprint density at radius 3 is 2.09 bits per heavy atom. The molecule has 0 radical (unpaired) electrons. The van der Waals surface area contributed by atoms with Crippen molar-refractivity contribution in [2.24, 2.45) is 4.99 Å². The van der Waals surface area contributed by atoms with Gasteiger partial charge in [-0.05, 0) is 93.4 Å². The van der Waals surface area contributed by atoms with Gasteiger partial charge in [0.15, 0.2) is 0 Å². The van der Waals surface area contributed by atoms with E-state index in [1.165, 1.54) is 88.1 Å². The van der Waals surface area contributed by atoms with Gasteiger partial charge in [0.25, 0.3) is 0 Å². The first-order chi connectivity index (χ1) is 26.3. The van der Waals surface area contributed by atoms with Crippen molar-refractivity contribution < 1.29 is 5.32 Å². The fourth-order valence-electron chi connectivity index (χ4n) is 8.80. The van der Waals surface area contributed by atoms with Gasteiger partial charge in [-0.1, -0.05) is 127 Å². The summed E-state index contributed by atoms with van der Waals surface area (Å²) in [4.78, 5) is 5.59. The summed E-state index contributed by atoms with van der Waals surface area (Å²) >= 11 is 0. The number of nitrogens with zero attached hydrogens (tertiary/aromatic N) is 2. The van der Waals surface area contributed by atoms with Crippen LogP contribution in [0.2, 0.25) is 0 Å². The number of nitrogens with two attached hydrogens (primary N) is 1. The molecule has 2 heterocycles. The Hall–Kier alpha value is -6.55. The van der Waals surface area contributed by atoms with E-state index in [9.17, 15) is 0 Å². The molecule has 3 nitrogen and oxygen atoms in total. The highest BCUT2D eigenvalue weighted by molar-refractivity contribution is 6.16. The Morgan fingerprint density at radius 2 is 1.25 bits per heavy atom. The zero-order valence-electron chi connectivity index (χ0n) is 29.2. The van der Waals surface area contributed by atoms with Crippen molar-refractivity contribution in [2.45, 2.75) is 19.0 Å². The Balaban J connectivity index is 1.07. The zero-order chi connectivity index (χ0) is 34.9. The lowest BCUT2D eigenvalue weighted by Gasteiger charge is -2.24. The highest BCUT2D eigenvalue weighted by Gasteiger charge is 2.29. The first kappa shape index (κ1) is 30.1. The van der Waals surface area contributed by atoms with E-state index in [2.05, 4.69) is 186 Å². The predicted molar refractivity (Wildman–Crippen MR) is 221 cm³/mol. The third-order valence-corrected chi connectivity index (χ3v) is 11.3. The molecule has 0 saturated heterocycles. The second kappa shape index (κ2) is 12.0. The van der Waals surface area contributed by atoms with Crippen LogP contribution in [-0.2, 0) is 6.42 Å². The number of rotatable bonds is 4. The fraction of sp³-hybridized carbons (Fsp3) is 0.0600. The number of hydrogen-bond donors (Lipinski definition) is 1. The molecule has 2 N–H and O–H groups in total. The summed E-state index contributed by atoms with van der Waals surface area (Å²) in [7, 11) is 0. The predicted octanol–water partition coefficient (Wildman–Crippen LogP) is 11.5. The van der Waals surface area contributed by atoms with Crippen molar-refractivity contribution in [1.82, 2.24) is 4.57 Å². The van der Waals surface area contributed by atoms with Gasteiger partial charge < -0.3 is 4.57 Å². The molecule has 1 unspecified atom stereocenters. The minimum atomic E-state index is -0.134. The molecule has 1 atom stereocenters. The molecular weight excluding hydrogens is 643 g/mol. The summed E-state index contributed by atoms with van der Waals surface area (Å²) in [5.41, 5.74) is 13.4. The van der Waals surface area contributed by atoms with Gasteiger partial charge in [-0.3, -0.25) is 5.32 Å². The molecule has 9 aromatic rings. The van der Waals surface area contributed by atoms with E-state index in [1.54, 1.807) is 0 Å². The summed E-state index contributed by atoms with van der Waals surface area (Å²) in [6.07, 6.45) is 6.60. The molecule has 53 heavy (non-hydrogen) atoms. The lowest BCUT2D eigenvalue weighted by atomic mass is 9.92. The van der Waals surface area contributed by atoms with Gasteiger partial charge >= 0.3 is 0 Å². The lowest BCUT2D eigenvalue weighted by molar-refractivity contribution is -0.617. The largest absolute Gasteiger partial charge is 0.312 e. The molecule has 3 heteroatoms. The third kappa shape index (κ3) is 4.89. The normalized spacial score (nSPS) is 15.2. The number of benzene rings is 8. The molecule has 0 bridgehead atoms. The zero-order valence-corrected chi connectivity index (χ0v) is 29.2. The van der Waals surface area contributed by atoms with Crippen LogP contribution < -0.4 is 5.32 Å². The molecule has 11 rings (SSSR count). The van der Waals surface area contributed by atoms with E-state index in [-0.39, 0.29) is 6.17 Å². The second-order valence-corrected chi connectivity index (χ2v) is 14.4. The minimum Gasteiger partial charge on any atom is -0.312 e. The maximum atomic E-state index is 5.59. The van der Waals surface area contributed by atoms with Crippen LogP contribution in [0.5, 0.6) is 0 Å². The third-order valence-electron chi connectivity index (χ3n) is 11.3. The molecule has 2 aliphatic rings. The molecule has 250 valence electrons. The Kier molecular flexibility index (Phi) is 6.83. The summed E-state index contributed by atoms with van der Waals surface area (Å²) in [6, 6.07) is 60.0. The first-order valence-corrected chi connectivity index (χ1v) is 18.6. The van der Waals surface area contributed by atoms with Gasteiger partial charge in [0.05, 0.1) is 22.5 Å². The van der Waals surface area contributed by atoms with Crippen LogP contribution in [0.25, 0.3) is 66.1 Å². The highest BCUT2D eigenvalue weighted by Crippen LogP contribution is 2.40. The van der Waals surface area contributed by atoms with Gasteiger partial charge in [0.2, 0.25) is 6.17 Å². The van der Waals surface area contributed by atoms with Crippen molar-refractivity contribution in [1.29, 1.82) is 0 Å². The van der Waals surface area contributed by atoms with E-state index < -0.39 is 0 Å². The average Bonchev–Trinajstić information content (AvgIpc) is 3.54. The molecule has 0 amide bonds. The van der Waals surface area contributed by atoms with Gasteiger partial charge in [0.1, 0.15) is 5.69 Å². The van der Waals surface area contributed by atoms with Crippen LogP contribution in [-0.4, -0.2) is 10.3 Å². The standard InChI is InChI=1S/C50H35N3/c1-2-13-33(14-3-1)49-44-30-38(37-23-22-32-12-4-5-15-34(32)28-37)24-26-45(44)51-50(52-49)42-25-27-47(40-19-9-8-18-39(40)42)53-46-21-11-10-20-41(46)43-29-35-16-6-7-17-36(35)31-48(43)53/h1-10,12-20,22-31,50-51H,11,21H2/p+1. The molecule has 1 aromatic heterocycles. The van der Waals surface area contributed by atoms with Crippen molar-refractivity contribution in [3.8, 4) is 16.8 Å². The van der Waals surface area contributed by atoms with Crippen LogP contribution in [0, 0.1) is 0 Å². The second-order valence-electron chi connectivity index (χ2n) is 14.4. The van der Waals surface area contributed by atoms with E-state index in [0.717, 1.165) is 24.1 Å². The van der Waals surface area contributed by atoms with E-state index >= 15 is 0 Å². The van der Waals surface area contributed by atoms with Crippen LogP contribution in [0.4, 0.5) is 5.69 Å². The SMILES string of the molecule is C1=Cc2c(n(-c3ccc(C4N=C(c5ccccc5)c5cc(-c6ccc7ccccc7c6)ccc5[NH2+]4)c4ccccc34)c3cc4ccccc4cc23)CC1. The van der Waals surface area contributed by atoms with Gasteiger partial charge in [-0.15, -0.1) is 0 Å². The Labute approximate surface area is 308 Å². The van der Waals surface area contributed by atoms with Gasteiger partial charge in [0, 0.05) is 39.2 Å². The summed E-state index contributed by atoms with van der Waals surface area (Å²) < 4.78 is 2.54. The van der Waals surface area contributed by atoms with Crippen LogP contribution in [0.3, 0.4) is 0 Å². The summed E-state index contributed by atoms with van der Waals surface area (Å²) in [5, 5.41) is 11.2. The smallest absolute Gasteiger partial charge is 0.211 e. The average molecular weight is 679 g/mol. The number of aromatic nitrogens is 1. The van der Waals surface area contributed by atoms with Crippen molar-refractivity contribution >= 4 is 60.7 Å². The van der Waals surface area contributed by atoms with Gasteiger partial charge in [-0.25, -0.2) is 4.99 Å². The molecular formula is C50H36N3+. The maximum absolute atomic E-state index is 5.59. The van der Waals surface area contributed by atoms with Crippen LogP contribution in [0.15, 0.2) is 175 Å².